The zero-order valence-corrected chi connectivity index (χ0v) is 7.99. The highest BCUT2D eigenvalue weighted by atomic mass is 16.5. The Labute approximate surface area is 77.5 Å². The van der Waals surface area contributed by atoms with E-state index in [4.69, 9.17) is 4.74 Å². The van der Waals surface area contributed by atoms with E-state index in [2.05, 4.69) is 4.98 Å². The number of Topliss-reactive ketones (excluding diaryl/α,β-unsaturated/α-hetero) is 1. The van der Waals surface area contributed by atoms with Gasteiger partial charge in [0.05, 0.1) is 12.5 Å². The smallest absolute Gasteiger partial charge is 0.180 e. The maximum Gasteiger partial charge on any atom is 0.180 e. The van der Waals surface area contributed by atoms with Gasteiger partial charge in [0.1, 0.15) is 5.69 Å². The molecule has 0 atom stereocenters. The molecule has 0 aliphatic carbocycles. The normalized spacial score (nSPS) is 10.3. The number of aromatic nitrogens is 2. The van der Waals surface area contributed by atoms with Crippen molar-refractivity contribution in [2.75, 3.05) is 13.7 Å². The Morgan fingerprint density at radius 2 is 2.46 bits per heavy atom. The van der Waals surface area contributed by atoms with Crippen LogP contribution in [0.1, 0.15) is 23.3 Å². The van der Waals surface area contributed by atoms with Gasteiger partial charge < -0.3 is 9.30 Å². The first kappa shape index (κ1) is 9.92. The van der Waals surface area contributed by atoms with Gasteiger partial charge in [-0.25, -0.2) is 4.98 Å². The van der Waals surface area contributed by atoms with Gasteiger partial charge in [0.15, 0.2) is 5.78 Å². The van der Waals surface area contributed by atoms with Crippen molar-refractivity contribution in [2.45, 2.75) is 12.8 Å². The highest BCUT2D eigenvalue weighted by Gasteiger charge is 2.08. The number of carbonyl (C=O) groups excluding carboxylic acids is 1. The summed E-state index contributed by atoms with van der Waals surface area (Å²) in [6, 6.07) is 0. The Morgan fingerprint density at radius 3 is 3.00 bits per heavy atom. The number of ether oxygens (including phenoxy) is 1. The zero-order chi connectivity index (χ0) is 9.68. The molecule has 0 N–H and O–H groups in total. The Balaban J connectivity index is 2.45. The Kier molecular flexibility index (Phi) is 3.64. The van der Waals surface area contributed by atoms with Gasteiger partial charge in [0.25, 0.3) is 0 Å². The number of carbonyl (C=O) groups is 1. The van der Waals surface area contributed by atoms with Crippen molar-refractivity contribution in [3.63, 3.8) is 0 Å². The van der Waals surface area contributed by atoms with Crippen LogP contribution in [0.3, 0.4) is 0 Å². The summed E-state index contributed by atoms with van der Waals surface area (Å²) in [7, 11) is 3.45. The molecule has 0 unspecified atom stereocenters. The minimum Gasteiger partial charge on any atom is -0.385 e. The molecule has 4 nitrogen and oxygen atoms in total. The number of ketones is 1. The number of aryl methyl sites for hydroxylation is 1. The lowest BCUT2D eigenvalue weighted by Crippen LogP contribution is -2.06. The molecule has 1 rings (SSSR count). The van der Waals surface area contributed by atoms with E-state index in [0.717, 1.165) is 6.42 Å². The zero-order valence-electron chi connectivity index (χ0n) is 7.99. The fraction of sp³-hybridized carbons (Fsp3) is 0.556. The molecule has 1 aromatic heterocycles. The second-order valence-electron chi connectivity index (χ2n) is 2.91. The standard InChI is InChI=1S/C9H14N2O2/c1-11-7-10-6-8(11)9(12)4-3-5-13-2/h6-7H,3-5H2,1-2H3. The third-order valence-corrected chi connectivity index (χ3v) is 1.85. The molecule has 13 heavy (non-hydrogen) atoms. The molecule has 0 aromatic carbocycles. The Bertz CT molecular complexity index is 281. The SMILES string of the molecule is COCCCC(=O)c1cncn1C. The van der Waals surface area contributed by atoms with E-state index in [9.17, 15) is 4.79 Å². The number of nitrogens with zero attached hydrogens (tertiary/aromatic N) is 2. The van der Waals surface area contributed by atoms with E-state index in [0.29, 0.717) is 18.7 Å². The van der Waals surface area contributed by atoms with Crippen LogP contribution in [-0.2, 0) is 11.8 Å². The van der Waals surface area contributed by atoms with E-state index in [1.807, 2.05) is 7.05 Å². The van der Waals surface area contributed by atoms with Crippen LogP contribution in [0, 0.1) is 0 Å². The first-order valence-corrected chi connectivity index (χ1v) is 4.24. The number of rotatable bonds is 5. The average Bonchev–Trinajstić information content (AvgIpc) is 2.52. The number of hydrogen-bond acceptors (Lipinski definition) is 3. The summed E-state index contributed by atoms with van der Waals surface area (Å²) in [6.45, 7) is 0.629. The largest absolute Gasteiger partial charge is 0.385 e. The molecule has 0 spiro atoms. The van der Waals surface area contributed by atoms with Gasteiger partial charge in [-0.3, -0.25) is 4.79 Å². The minimum absolute atomic E-state index is 0.122. The summed E-state index contributed by atoms with van der Waals surface area (Å²) in [5.41, 5.74) is 0.663. The van der Waals surface area contributed by atoms with Crippen molar-refractivity contribution in [1.29, 1.82) is 0 Å². The van der Waals surface area contributed by atoms with Gasteiger partial charge in [-0.15, -0.1) is 0 Å². The molecule has 72 valence electrons. The molecule has 0 aliphatic rings. The van der Waals surface area contributed by atoms with Crippen LogP contribution < -0.4 is 0 Å². The molecule has 0 saturated heterocycles. The molecule has 0 radical (unpaired) electrons. The van der Waals surface area contributed by atoms with Crippen molar-refractivity contribution < 1.29 is 9.53 Å². The van der Waals surface area contributed by atoms with Gasteiger partial charge in [-0.1, -0.05) is 0 Å². The van der Waals surface area contributed by atoms with Crippen LogP contribution in [0.2, 0.25) is 0 Å². The van der Waals surface area contributed by atoms with Gasteiger partial charge in [0.2, 0.25) is 0 Å². The molecule has 0 saturated carbocycles. The predicted molar refractivity (Wildman–Crippen MR) is 48.6 cm³/mol. The lowest BCUT2D eigenvalue weighted by atomic mass is 10.2. The lowest BCUT2D eigenvalue weighted by Gasteiger charge is -2.00. The van der Waals surface area contributed by atoms with Crippen molar-refractivity contribution in [3.8, 4) is 0 Å². The lowest BCUT2D eigenvalue weighted by molar-refractivity contribution is 0.0955. The molecule has 0 fully saturated rings. The van der Waals surface area contributed by atoms with Gasteiger partial charge in [-0.2, -0.15) is 0 Å². The van der Waals surface area contributed by atoms with E-state index in [-0.39, 0.29) is 5.78 Å². The number of methoxy groups -OCH3 is 1. The van der Waals surface area contributed by atoms with Crippen molar-refractivity contribution in [2.24, 2.45) is 7.05 Å². The summed E-state index contributed by atoms with van der Waals surface area (Å²) >= 11 is 0. The molecule has 0 aliphatic heterocycles. The van der Waals surface area contributed by atoms with E-state index in [1.54, 1.807) is 24.2 Å². The van der Waals surface area contributed by atoms with Crippen LogP contribution in [0.25, 0.3) is 0 Å². The molecule has 0 bridgehead atoms. The second kappa shape index (κ2) is 4.77. The van der Waals surface area contributed by atoms with E-state index >= 15 is 0 Å². The highest BCUT2D eigenvalue weighted by Crippen LogP contribution is 2.03. The van der Waals surface area contributed by atoms with Crippen LogP contribution in [0.5, 0.6) is 0 Å². The fourth-order valence-electron chi connectivity index (χ4n) is 1.13. The number of imidazole rings is 1. The molecule has 1 aromatic rings. The fourth-order valence-corrected chi connectivity index (χ4v) is 1.13. The predicted octanol–water partition coefficient (Wildman–Crippen LogP) is 1.03. The molecule has 0 amide bonds. The molecule has 4 heteroatoms. The number of hydrogen-bond donors (Lipinski definition) is 0. The quantitative estimate of drug-likeness (QED) is 0.504. The monoisotopic (exact) mass is 182 g/mol. The first-order valence-electron chi connectivity index (χ1n) is 4.24. The topological polar surface area (TPSA) is 44.1 Å². The third-order valence-electron chi connectivity index (χ3n) is 1.85. The summed E-state index contributed by atoms with van der Waals surface area (Å²) in [5.74, 6) is 0.122. The summed E-state index contributed by atoms with van der Waals surface area (Å²) in [4.78, 5) is 15.4. The first-order chi connectivity index (χ1) is 6.25. The Morgan fingerprint density at radius 1 is 1.69 bits per heavy atom. The maximum absolute atomic E-state index is 11.5. The summed E-state index contributed by atoms with van der Waals surface area (Å²) < 4.78 is 6.60. The van der Waals surface area contributed by atoms with Crippen LogP contribution >= 0.6 is 0 Å². The maximum atomic E-state index is 11.5. The summed E-state index contributed by atoms with van der Waals surface area (Å²) in [5, 5.41) is 0. The highest BCUT2D eigenvalue weighted by molar-refractivity contribution is 5.94. The molecule has 1 heterocycles. The summed E-state index contributed by atoms with van der Waals surface area (Å²) in [6.07, 6.45) is 4.51. The molecular formula is C9H14N2O2. The molecular weight excluding hydrogens is 168 g/mol. The van der Waals surface area contributed by atoms with Crippen molar-refractivity contribution >= 4 is 5.78 Å². The second-order valence-corrected chi connectivity index (χ2v) is 2.91. The van der Waals surface area contributed by atoms with Gasteiger partial charge >= 0.3 is 0 Å². The third kappa shape index (κ3) is 2.66. The van der Waals surface area contributed by atoms with Gasteiger partial charge in [-0.05, 0) is 6.42 Å². The van der Waals surface area contributed by atoms with Crippen molar-refractivity contribution in [1.82, 2.24) is 9.55 Å². The average molecular weight is 182 g/mol. The van der Waals surface area contributed by atoms with Gasteiger partial charge in [0, 0.05) is 27.2 Å². The van der Waals surface area contributed by atoms with E-state index in [1.165, 1.54) is 0 Å². The van der Waals surface area contributed by atoms with Crippen LogP contribution in [0.4, 0.5) is 0 Å². The Hall–Kier alpha value is -1.16. The van der Waals surface area contributed by atoms with E-state index < -0.39 is 0 Å². The van der Waals surface area contributed by atoms with Crippen molar-refractivity contribution in [3.05, 3.63) is 18.2 Å². The minimum atomic E-state index is 0.122. The van der Waals surface area contributed by atoms with Crippen LogP contribution in [0.15, 0.2) is 12.5 Å². The van der Waals surface area contributed by atoms with Crippen LogP contribution in [-0.4, -0.2) is 29.1 Å².